The van der Waals surface area contributed by atoms with E-state index in [0.717, 1.165) is 50.7 Å². The van der Waals surface area contributed by atoms with Gasteiger partial charge in [0.2, 0.25) is 0 Å². The molecule has 2 aromatic heterocycles. The van der Waals surface area contributed by atoms with Gasteiger partial charge in [-0.1, -0.05) is 0 Å². The Morgan fingerprint density at radius 3 is 3.00 bits per heavy atom. The molecule has 0 N–H and O–H groups in total. The van der Waals surface area contributed by atoms with Crippen molar-refractivity contribution < 1.29 is 9.47 Å². The quantitative estimate of drug-likeness (QED) is 0.872. The molecular weight excluding hydrogens is 298 g/mol. The molecule has 5 rings (SSSR count). The van der Waals surface area contributed by atoms with Gasteiger partial charge in [-0.2, -0.15) is 0 Å². The van der Waals surface area contributed by atoms with E-state index in [1.165, 1.54) is 24.2 Å². The molecule has 22 heavy (non-hydrogen) atoms. The van der Waals surface area contributed by atoms with Crippen LogP contribution in [0.15, 0.2) is 11.6 Å². The lowest BCUT2D eigenvalue weighted by molar-refractivity contribution is -0.190. The Morgan fingerprint density at radius 2 is 2.18 bits per heavy atom. The largest absolute Gasteiger partial charge is 0.346 e. The van der Waals surface area contributed by atoms with Crippen molar-refractivity contribution in [1.29, 1.82) is 0 Å². The van der Waals surface area contributed by atoms with Crippen molar-refractivity contribution in [3.05, 3.63) is 23.0 Å². The molecule has 0 amide bonds. The molecular formula is C16H21N3O2S. The fourth-order valence-corrected chi connectivity index (χ4v) is 4.58. The van der Waals surface area contributed by atoms with Crippen LogP contribution in [0.5, 0.6) is 0 Å². The summed E-state index contributed by atoms with van der Waals surface area (Å²) in [6.07, 6.45) is 6.93. The Bertz CT molecular complexity index is 685. The normalized spacial score (nSPS) is 25.5. The predicted molar refractivity (Wildman–Crippen MR) is 84.2 cm³/mol. The van der Waals surface area contributed by atoms with E-state index in [1.54, 1.807) is 11.3 Å². The Balaban J connectivity index is 1.43. The van der Waals surface area contributed by atoms with E-state index in [9.17, 15) is 0 Å². The summed E-state index contributed by atoms with van der Waals surface area (Å²) in [5.41, 5.74) is 2.72. The molecule has 5 nitrogen and oxygen atoms in total. The van der Waals surface area contributed by atoms with E-state index in [0.29, 0.717) is 5.92 Å². The van der Waals surface area contributed by atoms with E-state index in [1.807, 2.05) is 0 Å². The monoisotopic (exact) mass is 319 g/mol. The molecule has 4 heterocycles. The number of likely N-dealkylation sites (tertiary alicyclic amines) is 1. The predicted octanol–water partition coefficient (Wildman–Crippen LogP) is 2.61. The van der Waals surface area contributed by atoms with E-state index in [2.05, 4.69) is 20.9 Å². The Kier molecular flexibility index (Phi) is 3.08. The van der Waals surface area contributed by atoms with E-state index in [-0.39, 0.29) is 5.79 Å². The van der Waals surface area contributed by atoms with Crippen molar-refractivity contribution in [2.45, 2.75) is 43.9 Å². The van der Waals surface area contributed by atoms with Crippen LogP contribution in [-0.4, -0.2) is 46.4 Å². The van der Waals surface area contributed by atoms with Crippen molar-refractivity contribution in [3.63, 3.8) is 0 Å². The van der Waals surface area contributed by atoms with Crippen LogP contribution >= 0.6 is 11.3 Å². The van der Waals surface area contributed by atoms with Gasteiger partial charge in [-0.15, -0.1) is 11.3 Å². The highest BCUT2D eigenvalue weighted by Gasteiger charge is 2.41. The van der Waals surface area contributed by atoms with Crippen LogP contribution in [0.4, 0.5) is 0 Å². The minimum absolute atomic E-state index is 0.337. The maximum Gasteiger partial charge on any atom is 0.194 e. The molecule has 1 saturated carbocycles. The number of hydrogen-bond donors (Lipinski definition) is 0. The topological polar surface area (TPSA) is 39.0 Å². The Morgan fingerprint density at radius 1 is 1.32 bits per heavy atom. The number of piperidine rings is 1. The third-order valence-corrected chi connectivity index (χ3v) is 5.80. The van der Waals surface area contributed by atoms with Gasteiger partial charge >= 0.3 is 0 Å². The average molecular weight is 319 g/mol. The molecule has 2 aromatic rings. The second-order valence-corrected chi connectivity index (χ2v) is 7.57. The highest BCUT2D eigenvalue weighted by Crippen LogP contribution is 2.42. The highest BCUT2D eigenvalue weighted by molar-refractivity contribution is 7.15. The lowest BCUT2D eigenvalue weighted by Gasteiger charge is -2.38. The van der Waals surface area contributed by atoms with Gasteiger partial charge in [0.1, 0.15) is 0 Å². The van der Waals surface area contributed by atoms with E-state index < -0.39 is 0 Å². The summed E-state index contributed by atoms with van der Waals surface area (Å²) in [5, 5.41) is 2.13. The number of fused-ring (bicyclic) bond motifs is 1. The number of ether oxygens (including phenoxy) is 2. The van der Waals surface area contributed by atoms with Gasteiger partial charge < -0.3 is 9.47 Å². The van der Waals surface area contributed by atoms with E-state index >= 15 is 0 Å². The first kappa shape index (κ1) is 13.5. The molecule has 2 aliphatic heterocycles. The first-order valence-electron chi connectivity index (χ1n) is 8.28. The number of thiazole rings is 1. The Hall–Kier alpha value is -0.950. The smallest absolute Gasteiger partial charge is 0.194 e. The van der Waals surface area contributed by atoms with Crippen LogP contribution < -0.4 is 0 Å². The van der Waals surface area contributed by atoms with Crippen molar-refractivity contribution in [2.75, 3.05) is 26.3 Å². The van der Waals surface area contributed by atoms with Gasteiger partial charge in [-0.05, 0) is 25.8 Å². The van der Waals surface area contributed by atoms with Crippen LogP contribution in [0.25, 0.3) is 4.96 Å². The third kappa shape index (κ3) is 2.21. The maximum absolute atomic E-state index is 5.91. The zero-order chi connectivity index (χ0) is 14.6. The molecule has 0 unspecified atom stereocenters. The number of aromatic nitrogens is 2. The van der Waals surface area contributed by atoms with Crippen LogP contribution in [0.1, 0.15) is 43.0 Å². The molecule has 3 aliphatic rings. The number of hydrogen-bond acceptors (Lipinski definition) is 5. The van der Waals surface area contributed by atoms with Gasteiger partial charge in [-0.3, -0.25) is 9.30 Å². The number of rotatable bonds is 3. The maximum atomic E-state index is 5.91. The molecule has 1 aliphatic carbocycles. The first-order valence-corrected chi connectivity index (χ1v) is 9.16. The van der Waals surface area contributed by atoms with Crippen LogP contribution in [0.3, 0.4) is 0 Å². The summed E-state index contributed by atoms with van der Waals surface area (Å²) in [7, 11) is 0. The minimum Gasteiger partial charge on any atom is -0.346 e. The van der Waals surface area contributed by atoms with Gasteiger partial charge in [0.25, 0.3) is 0 Å². The summed E-state index contributed by atoms with van der Waals surface area (Å²) >= 11 is 1.73. The highest BCUT2D eigenvalue weighted by atomic mass is 32.1. The molecule has 3 fully saturated rings. The van der Waals surface area contributed by atoms with Crippen LogP contribution in [0.2, 0.25) is 0 Å². The summed E-state index contributed by atoms with van der Waals surface area (Å²) in [6, 6.07) is 0. The minimum atomic E-state index is -0.337. The fourth-order valence-electron chi connectivity index (χ4n) is 3.84. The molecule has 2 saturated heterocycles. The third-order valence-electron chi connectivity index (χ3n) is 5.04. The second kappa shape index (κ2) is 5.03. The van der Waals surface area contributed by atoms with Crippen LogP contribution in [0, 0.1) is 0 Å². The van der Waals surface area contributed by atoms with Gasteiger partial charge in [-0.25, -0.2) is 4.98 Å². The van der Waals surface area contributed by atoms with Crippen LogP contribution in [-0.2, 0) is 16.0 Å². The van der Waals surface area contributed by atoms with Crippen molar-refractivity contribution in [1.82, 2.24) is 14.3 Å². The van der Waals surface area contributed by atoms with Crippen molar-refractivity contribution in [2.24, 2.45) is 0 Å². The summed E-state index contributed by atoms with van der Waals surface area (Å²) in [5.74, 6) is 0.357. The summed E-state index contributed by atoms with van der Waals surface area (Å²) in [4.78, 5) is 8.51. The standard InChI is InChI=1S/C16H21N3O2S/c1-4-16(20-7-8-21-16)11-18(5-1)10-13-14(12-2-3-12)17-15-19(13)6-9-22-15/h6,9,12H,1-5,7-8,10-11H2. The zero-order valence-corrected chi connectivity index (χ0v) is 13.5. The molecule has 6 heteroatoms. The zero-order valence-electron chi connectivity index (χ0n) is 12.7. The van der Waals surface area contributed by atoms with E-state index in [4.69, 9.17) is 14.5 Å². The van der Waals surface area contributed by atoms with Crippen molar-refractivity contribution in [3.8, 4) is 0 Å². The molecule has 0 atom stereocenters. The van der Waals surface area contributed by atoms with Crippen molar-refractivity contribution >= 4 is 16.3 Å². The van der Waals surface area contributed by atoms with Gasteiger partial charge in [0, 0.05) is 30.5 Å². The number of imidazole rings is 1. The Labute approximate surface area is 133 Å². The summed E-state index contributed by atoms with van der Waals surface area (Å²) < 4.78 is 14.1. The lowest BCUT2D eigenvalue weighted by Crippen LogP contribution is -2.48. The van der Waals surface area contributed by atoms with Gasteiger partial charge in [0.05, 0.1) is 31.1 Å². The summed E-state index contributed by atoms with van der Waals surface area (Å²) in [6.45, 7) is 4.44. The molecule has 1 spiro atoms. The SMILES string of the molecule is c1cn2c(CN3CCCC4(C3)OCCO4)c(C3CC3)nc2s1. The molecule has 118 valence electrons. The van der Waals surface area contributed by atoms with Gasteiger partial charge in [0.15, 0.2) is 10.7 Å². The first-order chi connectivity index (χ1) is 10.8. The molecule has 0 radical (unpaired) electrons. The lowest BCUT2D eigenvalue weighted by atomic mass is 10.0. The number of nitrogens with zero attached hydrogens (tertiary/aromatic N) is 3. The molecule has 0 aromatic carbocycles. The molecule has 0 bridgehead atoms. The average Bonchev–Trinajstić information content (AvgIpc) is 2.94. The fraction of sp³-hybridized carbons (Fsp3) is 0.688. The second-order valence-electron chi connectivity index (χ2n) is 6.70.